The lowest BCUT2D eigenvalue weighted by molar-refractivity contribution is 0.136. The summed E-state index contributed by atoms with van der Waals surface area (Å²) in [5.74, 6) is 0. The van der Waals surface area contributed by atoms with Crippen LogP contribution in [-0.2, 0) is 21.4 Å². The monoisotopic (exact) mass is 499 g/mol. The maximum Gasteiger partial charge on any atom is 0.414 e. The van der Waals surface area contributed by atoms with Crippen molar-refractivity contribution in [3.63, 3.8) is 0 Å². The molecule has 0 spiro atoms. The van der Waals surface area contributed by atoms with Gasteiger partial charge in [-0.2, -0.15) is 4.31 Å². The quantitative estimate of drug-likeness (QED) is 0.512. The van der Waals surface area contributed by atoms with Crippen LogP contribution in [0.2, 0.25) is 5.02 Å². The van der Waals surface area contributed by atoms with Crippen LogP contribution in [0, 0.1) is 0 Å². The van der Waals surface area contributed by atoms with Gasteiger partial charge in [-0.15, -0.1) is 0 Å². The molecule has 1 amide bonds. The standard InChI is InChI=1S/C25H26ClN3O4S/c1-27(2)22-9-3-7-19-18(22)6-4-11-24(19)34(31,32)28-14-12-17(13-15-28)29-23-10-5-8-21(26)20(23)16-33-25(29)30/h3-11,17H,12-16H2,1-2H3. The van der Waals surface area contributed by atoms with Crippen LogP contribution in [0.25, 0.3) is 10.8 Å². The molecule has 1 saturated heterocycles. The van der Waals surface area contributed by atoms with E-state index in [-0.39, 0.29) is 12.6 Å². The highest BCUT2D eigenvalue weighted by Gasteiger charge is 2.38. The molecule has 0 atom stereocenters. The molecular formula is C25H26ClN3O4S. The summed E-state index contributed by atoms with van der Waals surface area (Å²) in [6.45, 7) is 0.778. The normalized spacial score (nSPS) is 17.5. The second-order valence-corrected chi connectivity index (χ2v) is 11.1. The SMILES string of the molecule is CN(C)c1cccc2c(S(=O)(=O)N3CCC(N4C(=O)OCc5c(Cl)cccc54)CC3)cccc12. The van der Waals surface area contributed by atoms with E-state index < -0.39 is 16.1 Å². The smallest absolute Gasteiger partial charge is 0.414 e. The molecular weight excluding hydrogens is 474 g/mol. The van der Waals surface area contributed by atoms with Gasteiger partial charge >= 0.3 is 6.09 Å². The molecule has 0 radical (unpaired) electrons. The van der Waals surface area contributed by atoms with Gasteiger partial charge in [0.15, 0.2) is 0 Å². The van der Waals surface area contributed by atoms with Gasteiger partial charge in [-0.1, -0.05) is 41.9 Å². The molecule has 5 rings (SSSR count). The molecule has 7 nitrogen and oxygen atoms in total. The van der Waals surface area contributed by atoms with Crippen LogP contribution >= 0.6 is 11.6 Å². The van der Waals surface area contributed by atoms with E-state index >= 15 is 0 Å². The van der Waals surface area contributed by atoms with Crippen LogP contribution in [0.4, 0.5) is 16.2 Å². The second-order valence-electron chi connectivity index (χ2n) is 8.82. The number of piperidine rings is 1. The predicted molar refractivity (Wildman–Crippen MR) is 134 cm³/mol. The number of sulfonamides is 1. The van der Waals surface area contributed by atoms with Gasteiger partial charge in [-0.3, -0.25) is 4.90 Å². The number of anilines is 2. The highest BCUT2D eigenvalue weighted by Crippen LogP contribution is 2.37. The summed E-state index contributed by atoms with van der Waals surface area (Å²) in [5, 5.41) is 2.16. The maximum atomic E-state index is 13.7. The zero-order valence-corrected chi connectivity index (χ0v) is 20.6. The van der Waals surface area contributed by atoms with E-state index in [1.807, 2.05) is 55.4 Å². The Bertz CT molecular complexity index is 1370. The number of benzene rings is 3. The lowest BCUT2D eigenvalue weighted by atomic mass is 10.0. The minimum absolute atomic E-state index is 0.146. The number of amides is 1. The molecule has 0 aromatic heterocycles. The average molecular weight is 500 g/mol. The van der Waals surface area contributed by atoms with E-state index in [1.165, 1.54) is 4.31 Å². The number of hydrogen-bond donors (Lipinski definition) is 0. The van der Waals surface area contributed by atoms with E-state index in [0.717, 1.165) is 22.3 Å². The number of hydrogen-bond acceptors (Lipinski definition) is 5. The van der Waals surface area contributed by atoms with Gasteiger partial charge in [-0.25, -0.2) is 13.2 Å². The predicted octanol–water partition coefficient (Wildman–Crippen LogP) is 4.87. The Morgan fingerprint density at radius 1 is 0.971 bits per heavy atom. The zero-order chi connectivity index (χ0) is 24.0. The summed E-state index contributed by atoms with van der Waals surface area (Å²) in [5.41, 5.74) is 2.50. The number of carbonyl (C=O) groups is 1. The largest absolute Gasteiger partial charge is 0.444 e. The Balaban J connectivity index is 1.41. The summed E-state index contributed by atoms with van der Waals surface area (Å²) in [4.78, 5) is 16.5. The van der Waals surface area contributed by atoms with Crippen LogP contribution in [-0.4, -0.2) is 52.0 Å². The van der Waals surface area contributed by atoms with Crippen LogP contribution in [0.15, 0.2) is 59.5 Å². The summed E-state index contributed by atoms with van der Waals surface area (Å²) in [6.07, 6.45) is 0.600. The molecule has 2 heterocycles. The van der Waals surface area contributed by atoms with Gasteiger partial charge in [0.2, 0.25) is 10.0 Å². The molecule has 34 heavy (non-hydrogen) atoms. The fourth-order valence-electron chi connectivity index (χ4n) is 4.92. The lowest BCUT2D eigenvalue weighted by Crippen LogP contribution is -2.50. The van der Waals surface area contributed by atoms with Crippen molar-refractivity contribution < 1.29 is 17.9 Å². The van der Waals surface area contributed by atoms with Gasteiger partial charge < -0.3 is 9.64 Å². The third-order valence-electron chi connectivity index (χ3n) is 6.64. The van der Waals surface area contributed by atoms with E-state index in [0.29, 0.717) is 41.2 Å². The van der Waals surface area contributed by atoms with Crippen molar-refractivity contribution in [1.29, 1.82) is 0 Å². The highest BCUT2D eigenvalue weighted by atomic mass is 35.5. The number of cyclic esters (lactones) is 1. The van der Waals surface area contributed by atoms with E-state index in [2.05, 4.69) is 0 Å². The van der Waals surface area contributed by atoms with Crippen molar-refractivity contribution in [1.82, 2.24) is 4.31 Å². The van der Waals surface area contributed by atoms with E-state index in [9.17, 15) is 13.2 Å². The molecule has 0 N–H and O–H groups in total. The van der Waals surface area contributed by atoms with Crippen LogP contribution in [0.3, 0.4) is 0 Å². The Morgan fingerprint density at radius 3 is 2.38 bits per heavy atom. The fraction of sp³-hybridized carbons (Fsp3) is 0.320. The Labute approximate surface area is 204 Å². The summed E-state index contributed by atoms with van der Waals surface area (Å²) in [6, 6.07) is 16.4. The van der Waals surface area contributed by atoms with Crippen molar-refractivity contribution in [2.75, 3.05) is 37.0 Å². The zero-order valence-electron chi connectivity index (χ0n) is 19.1. The number of rotatable bonds is 4. The summed E-state index contributed by atoms with van der Waals surface area (Å²) >= 11 is 6.31. The highest BCUT2D eigenvalue weighted by molar-refractivity contribution is 7.89. The van der Waals surface area contributed by atoms with Crippen molar-refractivity contribution >= 4 is 49.9 Å². The average Bonchev–Trinajstić information content (AvgIpc) is 2.83. The van der Waals surface area contributed by atoms with Crippen LogP contribution < -0.4 is 9.80 Å². The van der Waals surface area contributed by atoms with Crippen LogP contribution in [0.5, 0.6) is 0 Å². The number of nitrogens with zero attached hydrogens (tertiary/aromatic N) is 3. The summed E-state index contributed by atoms with van der Waals surface area (Å²) < 4.78 is 34.2. The number of fused-ring (bicyclic) bond motifs is 2. The number of carbonyl (C=O) groups excluding carboxylic acids is 1. The molecule has 0 aliphatic carbocycles. The van der Waals surface area contributed by atoms with Crippen molar-refractivity contribution in [3.05, 3.63) is 65.2 Å². The number of ether oxygens (including phenoxy) is 1. The van der Waals surface area contributed by atoms with Crippen molar-refractivity contribution in [3.8, 4) is 0 Å². The molecule has 9 heteroatoms. The molecule has 0 bridgehead atoms. The molecule has 2 aliphatic rings. The van der Waals surface area contributed by atoms with Gasteiger partial charge in [0.05, 0.1) is 10.6 Å². The summed E-state index contributed by atoms with van der Waals surface area (Å²) in [7, 11) is 0.177. The number of halogens is 1. The minimum Gasteiger partial charge on any atom is -0.444 e. The molecule has 2 aliphatic heterocycles. The van der Waals surface area contributed by atoms with Gasteiger partial charge in [0.1, 0.15) is 6.61 Å². The molecule has 3 aromatic carbocycles. The van der Waals surface area contributed by atoms with Crippen molar-refractivity contribution in [2.24, 2.45) is 0 Å². The molecule has 0 unspecified atom stereocenters. The first kappa shape index (κ1) is 23.0. The fourth-order valence-corrected chi connectivity index (χ4v) is 6.82. The molecule has 178 valence electrons. The Hall–Kier alpha value is -2.81. The lowest BCUT2D eigenvalue weighted by Gasteiger charge is -2.40. The van der Waals surface area contributed by atoms with Crippen molar-refractivity contribution in [2.45, 2.75) is 30.4 Å². The Kier molecular flexibility index (Phi) is 5.91. The van der Waals surface area contributed by atoms with E-state index in [4.69, 9.17) is 16.3 Å². The first-order valence-electron chi connectivity index (χ1n) is 11.2. The van der Waals surface area contributed by atoms with Gasteiger partial charge in [0, 0.05) is 60.3 Å². The van der Waals surface area contributed by atoms with Crippen LogP contribution in [0.1, 0.15) is 18.4 Å². The first-order chi connectivity index (χ1) is 16.3. The molecule has 1 fully saturated rings. The molecule has 3 aromatic rings. The third-order valence-corrected chi connectivity index (χ3v) is 8.95. The topological polar surface area (TPSA) is 70.2 Å². The van der Waals surface area contributed by atoms with Gasteiger partial charge in [0.25, 0.3) is 0 Å². The third kappa shape index (κ3) is 3.79. The minimum atomic E-state index is -3.71. The maximum absolute atomic E-state index is 13.7. The Morgan fingerprint density at radius 2 is 1.65 bits per heavy atom. The van der Waals surface area contributed by atoms with E-state index in [1.54, 1.807) is 23.1 Å². The van der Waals surface area contributed by atoms with Gasteiger partial charge in [-0.05, 0) is 37.1 Å². The second kappa shape index (κ2) is 8.76. The first-order valence-corrected chi connectivity index (χ1v) is 13.0. The molecule has 0 saturated carbocycles.